The number of aryl methyl sites for hydroxylation is 1. The number of fused-ring (bicyclic) bond motifs is 2. The molecule has 0 aliphatic carbocycles. The fourth-order valence-corrected chi connectivity index (χ4v) is 4.26. The second-order valence-corrected chi connectivity index (χ2v) is 8.51. The predicted molar refractivity (Wildman–Crippen MR) is 136 cm³/mol. The summed E-state index contributed by atoms with van der Waals surface area (Å²) in [5.41, 5.74) is 5.65. The van der Waals surface area contributed by atoms with Crippen LogP contribution < -0.4 is 10.6 Å². The highest BCUT2D eigenvalue weighted by Gasteiger charge is 2.12. The lowest BCUT2D eigenvalue weighted by atomic mass is 10.1. The number of hydrogen-bond acceptors (Lipinski definition) is 6. The van der Waals surface area contributed by atoms with Gasteiger partial charge in [-0.1, -0.05) is 11.2 Å². The molecule has 1 amide bonds. The van der Waals surface area contributed by atoms with Gasteiger partial charge in [-0.2, -0.15) is 0 Å². The standard InChI is InChI=1S/C27H22N6O3/c1-16-12-21(32-36-16)15-30-26(34)17-2-5-20(6-3-17)31-23-8-9-24(33-11-10-28-25(23)33)18-4-7-22-19(13-18)14-29-27(22)35/h2-14,29,31,35H,15H2,1H3,(H,30,34). The number of H-pyrrole nitrogens is 1. The molecule has 4 heterocycles. The molecular formula is C27H22N6O3. The normalized spacial score (nSPS) is 11.2. The molecular weight excluding hydrogens is 456 g/mol. The number of nitrogens with one attached hydrogen (secondary N) is 3. The van der Waals surface area contributed by atoms with Crippen molar-refractivity contribution in [2.24, 2.45) is 0 Å². The van der Waals surface area contributed by atoms with Gasteiger partial charge in [0.25, 0.3) is 5.91 Å². The Morgan fingerprint density at radius 2 is 1.97 bits per heavy atom. The van der Waals surface area contributed by atoms with E-state index >= 15 is 0 Å². The van der Waals surface area contributed by atoms with Gasteiger partial charge in [0.1, 0.15) is 11.5 Å². The van der Waals surface area contributed by atoms with Crippen molar-refractivity contribution >= 4 is 33.7 Å². The summed E-state index contributed by atoms with van der Waals surface area (Å²) < 4.78 is 7.04. The number of amides is 1. The summed E-state index contributed by atoms with van der Waals surface area (Å²) in [6.45, 7) is 2.11. The van der Waals surface area contributed by atoms with Crippen LogP contribution in [0.15, 0.2) is 83.8 Å². The maximum Gasteiger partial charge on any atom is 0.251 e. The molecule has 0 aliphatic rings. The van der Waals surface area contributed by atoms with Gasteiger partial charge in [0, 0.05) is 46.7 Å². The van der Waals surface area contributed by atoms with Crippen LogP contribution >= 0.6 is 0 Å². The van der Waals surface area contributed by atoms with Crippen LogP contribution in [0.25, 0.3) is 27.7 Å². The monoisotopic (exact) mass is 478 g/mol. The largest absolute Gasteiger partial charge is 0.494 e. The summed E-state index contributed by atoms with van der Waals surface area (Å²) in [6.07, 6.45) is 5.46. The lowest BCUT2D eigenvalue weighted by Gasteiger charge is -2.12. The van der Waals surface area contributed by atoms with Crippen LogP contribution in [0, 0.1) is 6.92 Å². The number of rotatable bonds is 6. The Hall–Kier alpha value is -5.05. The Kier molecular flexibility index (Phi) is 5.15. The van der Waals surface area contributed by atoms with E-state index in [-0.39, 0.29) is 11.8 Å². The van der Waals surface area contributed by atoms with Crippen molar-refractivity contribution in [1.29, 1.82) is 0 Å². The van der Waals surface area contributed by atoms with Gasteiger partial charge in [-0.3, -0.25) is 9.20 Å². The third-order valence-electron chi connectivity index (χ3n) is 6.05. The molecule has 0 bridgehead atoms. The first-order valence-corrected chi connectivity index (χ1v) is 11.4. The fourth-order valence-electron chi connectivity index (χ4n) is 4.26. The fraction of sp³-hybridized carbons (Fsp3) is 0.0741. The average Bonchev–Trinajstić information content (AvgIpc) is 3.64. The van der Waals surface area contributed by atoms with Gasteiger partial charge >= 0.3 is 0 Å². The van der Waals surface area contributed by atoms with Crippen molar-refractivity contribution in [3.05, 3.63) is 96.3 Å². The molecule has 178 valence electrons. The Labute approximate surface area is 205 Å². The molecule has 4 N–H and O–H groups in total. The second kappa shape index (κ2) is 8.62. The van der Waals surface area contributed by atoms with Crippen molar-refractivity contribution in [2.45, 2.75) is 13.5 Å². The van der Waals surface area contributed by atoms with Gasteiger partial charge in [0.2, 0.25) is 0 Å². The Morgan fingerprint density at radius 3 is 2.78 bits per heavy atom. The molecule has 0 saturated carbocycles. The zero-order valence-electron chi connectivity index (χ0n) is 19.3. The summed E-state index contributed by atoms with van der Waals surface area (Å²) in [7, 11) is 0. The summed E-state index contributed by atoms with van der Waals surface area (Å²) in [5.74, 6) is 0.684. The Balaban J connectivity index is 1.21. The zero-order chi connectivity index (χ0) is 24.6. The highest BCUT2D eigenvalue weighted by Crippen LogP contribution is 2.31. The van der Waals surface area contributed by atoms with Gasteiger partial charge in [-0.25, -0.2) is 4.98 Å². The molecule has 0 spiro atoms. The minimum Gasteiger partial charge on any atom is -0.494 e. The van der Waals surface area contributed by atoms with Crippen LogP contribution in [0.4, 0.5) is 11.4 Å². The third kappa shape index (κ3) is 3.92. The van der Waals surface area contributed by atoms with Crippen molar-refractivity contribution in [3.8, 4) is 17.1 Å². The molecule has 0 unspecified atom stereocenters. The molecule has 0 saturated heterocycles. The van der Waals surface area contributed by atoms with E-state index in [0.29, 0.717) is 23.6 Å². The number of benzene rings is 2. The molecule has 9 nitrogen and oxygen atoms in total. The van der Waals surface area contributed by atoms with Gasteiger partial charge in [0.15, 0.2) is 11.5 Å². The lowest BCUT2D eigenvalue weighted by molar-refractivity contribution is 0.0950. The highest BCUT2D eigenvalue weighted by atomic mass is 16.5. The van der Waals surface area contributed by atoms with E-state index < -0.39 is 0 Å². The number of carbonyl (C=O) groups is 1. The quantitative estimate of drug-likeness (QED) is 0.263. The molecule has 36 heavy (non-hydrogen) atoms. The van der Waals surface area contributed by atoms with Crippen LogP contribution in [0.1, 0.15) is 21.8 Å². The Bertz CT molecular complexity index is 1710. The van der Waals surface area contributed by atoms with Crippen molar-refractivity contribution < 1.29 is 14.4 Å². The number of imidazole rings is 1. The molecule has 0 atom stereocenters. The van der Waals surface area contributed by atoms with E-state index in [1.54, 1.807) is 30.6 Å². The number of aromatic nitrogens is 4. The van der Waals surface area contributed by atoms with Gasteiger partial charge in [-0.15, -0.1) is 0 Å². The summed E-state index contributed by atoms with van der Waals surface area (Å²) in [4.78, 5) is 19.9. The smallest absolute Gasteiger partial charge is 0.251 e. The number of nitrogens with zero attached hydrogens (tertiary/aromatic N) is 3. The number of hydrogen-bond donors (Lipinski definition) is 4. The number of carbonyl (C=O) groups excluding carboxylic acids is 1. The molecule has 9 heteroatoms. The molecule has 0 radical (unpaired) electrons. The van der Waals surface area contributed by atoms with E-state index in [0.717, 1.165) is 39.1 Å². The van der Waals surface area contributed by atoms with E-state index in [4.69, 9.17) is 4.52 Å². The summed E-state index contributed by atoms with van der Waals surface area (Å²) >= 11 is 0. The van der Waals surface area contributed by atoms with E-state index in [1.165, 1.54) is 0 Å². The first-order chi connectivity index (χ1) is 17.5. The minimum atomic E-state index is -0.185. The molecule has 4 aromatic heterocycles. The highest BCUT2D eigenvalue weighted by molar-refractivity contribution is 5.95. The Morgan fingerprint density at radius 1 is 1.11 bits per heavy atom. The van der Waals surface area contributed by atoms with Gasteiger partial charge in [0.05, 0.1) is 17.9 Å². The van der Waals surface area contributed by atoms with Crippen LogP contribution in [0.5, 0.6) is 5.88 Å². The van der Waals surface area contributed by atoms with E-state index in [1.807, 2.05) is 60.0 Å². The van der Waals surface area contributed by atoms with E-state index in [2.05, 4.69) is 25.8 Å². The number of pyridine rings is 1. The van der Waals surface area contributed by atoms with Crippen molar-refractivity contribution in [2.75, 3.05) is 5.32 Å². The predicted octanol–water partition coefficient (Wildman–Crippen LogP) is 5.16. The van der Waals surface area contributed by atoms with Crippen LogP contribution in [0.3, 0.4) is 0 Å². The number of aromatic hydroxyl groups is 1. The summed E-state index contributed by atoms with van der Waals surface area (Å²) in [5, 5.41) is 21.7. The number of aromatic amines is 1. The second-order valence-electron chi connectivity index (χ2n) is 8.51. The SMILES string of the molecule is Cc1cc(CNC(=O)c2ccc(Nc3ccc(-c4ccc5c(O)[nH]cc5c4)n4ccnc34)cc2)no1. The molecule has 0 aliphatic heterocycles. The molecule has 0 fully saturated rings. The third-order valence-corrected chi connectivity index (χ3v) is 6.05. The van der Waals surface area contributed by atoms with Crippen molar-refractivity contribution in [3.63, 3.8) is 0 Å². The van der Waals surface area contributed by atoms with Crippen molar-refractivity contribution in [1.82, 2.24) is 24.8 Å². The topological polar surface area (TPSA) is 120 Å². The van der Waals surface area contributed by atoms with Gasteiger partial charge < -0.3 is 25.2 Å². The molecule has 2 aromatic carbocycles. The van der Waals surface area contributed by atoms with Crippen LogP contribution in [0.2, 0.25) is 0 Å². The van der Waals surface area contributed by atoms with E-state index in [9.17, 15) is 9.90 Å². The first kappa shape index (κ1) is 21.5. The minimum absolute atomic E-state index is 0.164. The first-order valence-electron chi connectivity index (χ1n) is 11.4. The average molecular weight is 479 g/mol. The van der Waals surface area contributed by atoms with Gasteiger partial charge in [-0.05, 0) is 61.0 Å². The maximum absolute atomic E-state index is 12.5. The molecule has 6 aromatic rings. The molecule has 6 rings (SSSR count). The summed E-state index contributed by atoms with van der Waals surface area (Å²) in [6, 6.07) is 19.0. The lowest BCUT2D eigenvalue weighted by Crippen LogP contribution is -2.22. The number of anilines is 2. The maximum atomic E-state index is 12.5. The van der Waals surface area contributed by atoms with Crippen LogP contribution in [-0.4, -0.2) is 30.5 Å². The zero-order valence-corrected chi connectivity index (χ0v) is 19.3. The van der Waals surface area contributed by atoms with Crippen LogP contribution in [-0.2, 0) is 6.54 Å².